The fourth-order valence-electron chi connectivity index (χ4n) is 2.08. The van der Waals surface area contributed by atoms with Gasteiger partial charge in [0, 0.05) is 24.8 Å². The summed E-state index contributed by atoms with van der Waals surface area (Å²) >= 11 is 0. The number of sulfone groups is 1. The van der Waals surface area contributed by atoms with Crippen LogP contribution in [0.15, 0.2) is 4.42 Å². The third-order valence-corrected chi connectivity index (χ3v) is 5.67. The van der Waals surface area contributed by atoms with Gasteiger partial charge in [-0.2, -0.15) is 0 Å². The number of rotatable bonds is 4. The molecule has 0 atom stereocenters. The molecule has 0 aromatic carbocycles. The Bertz CT molecular complexity index is 612. The maximum atomic E-state index is 12.3. The van der Waals surface area contributed by atoms with Crippen molar-refractivity contribution in [1.29, 1.82) is 0 Å². The molecule has 1 aliphatic heterocycles. The number of carbonyl (C=O) groups is 1. The second-order valence-corrected chi connectivity index (χ2v) is 7.97. The van der Waals surface area contributed by atoms with Crippen molar-refractivity contribution in [2.45, 2.75) is 38.9 Å². The zero-order valence-electron chi connectivity index (χ0n) is 12.2. The molecule has 7 heteroatoms. The van der Waals surface area contributed by atoms with Gasteiger partial charge in [-0.3, -0.25) is 4.79 Å². The number of nitrogens with zero attached hydrogens (tertiary/aromatic N) is 2. The number of likely N-dealkylation sites (tertiary alicyclic amines) is 1. The van der Waals surface area contributed by atoms with E-state index in [9.17, 15) is 13.2 Å². The Balaban J connectivity index is 2.08. The first-order chi connectivity index (χ1) is 9.26. The summed E-state index contributed by atoms with van der Waals surface area (Å²) in [6.07, 6.45) is 0. The molecule has 0 N–H and O–H groups in total. The highest BCUT2D eigenvalue weighted by Gasteiger charge is 2.40. The lowest BCUT2D eigenvalue weighted by Crippen LogP contribution is -2.57. The molecule has 1 fully saturated rings. The van der Waals surface area contributed by atoms with E-state index in [1.165, 1.54) is 4.90 Å². The Kier molecular flexibility index (Phi) is 3.90. The zero-order chi connectivity index (χ0) is 15.1. The van der Waals surface area contributed by atoms with Crippen molar-refractivity contribution < 1.29 is 17.6 Å². The van der Waals surface area contributed by atoms with Crippen molar-refractivity contribution in [2.75, 3.05) is 18.8 Å². The summed E-state index contributed by atoms with van der Waals surface area (Å²) in [5, 5.41) is -0.437. The zero-order valence-corrected chi connectivity index (χ0v) is 13.0. The van der Waals surface area contributed by atoms with Crippen LogP contribution in [-0.4, -0.2) is 48.3 Å². The summed E-state index contributed by atoms with van der Waals surface area (Å²) in [5.74, 6) is 0.991. The van der Waals surface area contributed by atoms with Crippen LogP contribution in [0.5, 0.6) is 0 Å². The van der Waals surface area contributed by atoms with Crippen molar-refractivity contribution in [2.24, 2.45) is 0 Å². The number of oxazole rings is 1. The van der Waals surface area contributed by atoms with Gasteiger partial charge in [0.2, 0.25) is 0 Å². The summed E-state index contributed by atoms with van der Waals surface area (Å²) in [5.41, 5.74) is 0.293. The van der Waals surface area contributed by atoms with Gasteiger partial charge in [0.25, 0.3) is 5.91 Å². The van der Waals surface area contributed by atoms with E-state index in [0.717, 1.165) is 0 Å². The molecular weight excluding hydrogens is 280 g/mol. The molecular formula is C13H20N2O4S. The third kappa shape index (κ3) is 2.59. The number of hydrogen-bond acceptors (Lipinski definition) is 5. The SMILES string of the molecule is CCS(=O)(=O)C1CN(C(=O)c2nc(C(C)C)oc2C)C1. The molecule has 0 spiro atoms. The quantitative estimate of drug-likeness (QED) is 0.839. The largest absolute Gasteiger partial charge is 0.445 e. The monoisotopic (exact) mass is 300 g/mol. The van der Waals surface area contributed by atoms with E-state index in [4.69, 9.17) is 4.42 Å². The molecule has 2 heterocycles. The molecule has 6 nitrogen and oxygen atoms in total. The van der Waals surface area contributed by atoms with Crippen LogP contribution < -0.4 is 0 Å². The van der Waals surface area contributed by atoms with E-state index in [-0.39, 0.29) is 30.7 Å². The van der Waals surface area contributed by atoms with Gasteiger partial charge in [-0.1, -0.05) is 20.8 Å². The predicted molar refractivity (Wildman–Crippen MR) is 74.5 cm³/mol. The van der Waals surface area contributed by atoms with Gasteiger partial charge in [0.05, 0.1) is 5.25 Å². The Morgan fingerprint density at radius 3 is 2.50 bits per heavy atom. The normalized spacial score (nSPS) is 16.6. The van der Waals surface area contributed by atoms with Gasteiger partial charge in [-0.25, -0.2) is 13.4 Å². The second kappa shape index (κ2) is 5.20. The van der Waals surface area contributed by atoms with E-state index in [1.54, 1.807) is 13.8 Å². The van der Waals surface area contributed by atoms with E-state index in [0.29, 0.717) is 17.3 Å². The first kappa shape index (κ1) is 15.0. The number of aryl methyl sites for hydroxylation is 1. The van der Waals surface area contributed by atoms with Crippen LogP contribution in [0.2, 0.25) is 0 Å². The Morgan fingerprint density at radius 2 is 2.05 bits per heavy atom. The maximum absolute atomic E-state index is 12.3. The number of aromatic nitrogens is 1. The van der Waals surface area contributed by atoms with Crippen LogP contribution >= 0.6 is 0 Å². The van der Waals surface area contributed by atoms with Crippen LogP contribution in [-0.2, 0) is 9.84 Å². The van der Waals surface area contributed by atoms with E-state index >= 15 is 0 Å². The standard InChI is InChI=1S/C13H20N2O4S/c1-5-20(17,18)10-6-15(7-10)13(16)11-9(4)19-12(14-11)8(2)3/h8,10H,5-7H2,1-4H3. The van der Waals surface area contributed by atoms with Gasteiger partial charge in [-0.15, -0.1) is 0 Å². The summed E-state index contributed by atoms with van der Waals surface area (Å²) in [6.45, 7) is 7.69. The predicted octanol–water partition coefficient (Wildman–Crippen LogP) is 1.37. The molecule has 0 radical (unpaired) electrons. The Labute approximate surface area is 119 Å². The molecule has 0 aliphatic carbocycles. The molecule has 1 amide bonds. The lowest BCUT2D eigenvalue weighted by Gasteiger charge is -2.38. The molecule has 20 heavy (non-hydrogen) atoms. The minimum atomic E-state index is -3.07. The van der Waals surface area contributed by atoms with E-state index < -0.39 is 15.1 Å². The minimum absolute atomic E-state index is 0.111. The molecule has 0 saturated carbocycles. The summed E-state index contributed by atoms with van der Waals surface area (Å²) in [7, 11) is -3.07. The Morgan fingerprint density at radius 1 is 1.45 bits per heavy atom. The average molecular weight is 300 g/mol. The van der Waals surface area contributed by atoms with E-state index in [1.807, 2.05) is 13.8 Å². The highest BCUT2D eigenvalue weighted by atomic mass is 32.2. The fraction of sp³-hybridized carbons (Fsp3) is 0.692. The van der Waals surface area contributed by atoms with Gasteiger partial charge in [0.1, 0.15) is 5.76 Å². The van der Waals surface area contributed by atoms with Gasteiger partial charge in [0.15, 0.2) is 21.4 Å². The first-order valence-corrected chi connectivity index (χ1v) is 8.46. The highest BCUT2D eigenvalue weighted by molar-refractivity contribution is 7.92. The number of amides is 1. The van der Waals surface area contributed by atoms with Crippen molar-refractivity contribution in [1.82, 2.24) is 9.88 Å². The van der Waals surface area contributed by atoms with Crippen LogP contribution in [0.25, 0.3) is 0 Å². The highest BCUT2D eigenvalue weighted by Crippen LogP contribution is 2.23. The third-order valence-electron chi connectivity index (χ3n) is 3.56. The molecule has 0 unspecified atom stereocenters. The lowest BCUT2D eigenvalue weighted by atomic mass is 10.2. The second-order valence-electron chi connectivity index (χ2n) is 5.40. The van der Waals surface area contributed by atoms with E-state index in [2.05, 4.69) is 4.98 Å². The van der Waals surface area contributed by atoms with Gasteiger partial charge in [-0.05, 0) is 6.92 Å². The maximum Gasteiger partial charge on any atom is 0.276 e. The smallest absolute Gasteiger partial charge is 0.276 e. The number of hydrogen-bond donors (Lipinski definition) is 0. The number of carbonyl (C=O) groups excluding carboxylic acids is 1. The van der Waals surface area contributed by atoms with Crippen molar-refractivity contribution >= 4 is 15.7 Å². The minimum Gasteiger partial charge on any atom is -0.445 e. The topological polar surface area (TPSA) is 80.5 Å². The summed E-state index contributed by atoms with van der Waals surface area (Å²) < 4.78 is 28.8. The molecule has 1 aromatic heterocycles. The molecule has 1 saturated heterocycles. The van der Waals surface area contributed by atoms with Crippen LogP contribution in [0, 0.1) is 6.92 Å². The van der Waals surface area contributed by atoms with Crippen LogP contribution in [0.1, 0.15) is 48.8 Å². The van der Waals surface area contributed by atoms with Gasteiger partial charge >= 0.3 is 0 Å². The molecule has 1 aromatic rings. The first-order valence-electron chi connectivity index (χ1n) is 6.74. The van der Waals surface area contributed by atoms with Crippen molar-refractivity contribution in [3.05, 3.63) is 17.3 Å². The molecule has 2 rings (SSSR count). The van der Waals surface area contributed by atoms with Crippen LogP contribution in [0.3, 0.4) is 0 Å². The van der Waals surface area contributed by atoms with Crippen LogP contribution in [0.4, 0.5) is 0 Å². The lowest BCUT2D eigenvalue weighted by molar-refractivity contribution is 0.0651. The summed E-state index contributed by atoms with van der Waals surface area (Å²) in [4.78, 5) is 18.0. The Hall–Kier alpha value is -1.37. The van der Waals surface area contributed by atoms with Crippen molar-refractivity contribution in [3.63, 3.8) is 0 Å². The fourth-order valence-corrected chi connectivity index (χ4v) is 3.36. The van der Waals surface area contributed by atoms with Gasteiger partial charge < -0.3 is 9.32 Å². The molecule has 112 valence electrons. The average Bonchev–Trinajstić information content (AvgIpc) is 2.69. The van der Waals surface area contributed by atoms with Crippen molar-refractivity contribution in [3.8, 4) is 0 Å². The summed E-state index contributed by atoms with van der Waals surface area (Å²) in [6, 6.07) is 0. The molecule has 0 bridgehead atoms. The molecule has 1 aliphatic rings.